The third-order valence-electron chi connectivity index (χ3n) is 1.27. The molecule has 1 aromatic carbocycles. The summed E-state index contributed by atoms with van der Waals surface area (Å²) in [6, 6.07) is 7.09. The Morgan fingerprint density at radius 3 is 2.20 bits per heavy atom. The quantitative estimate of drug-likeness (QED) is 0.396. The topological polar surface area (TPSA) is 40.5 Å². The highest BCUT2D eigenvalue weighted by Gasteiger charge is 2.11. The molecule has 0 fully saturated rings. The van der Waals surface area contributed by atoms with Crippen molar-refractivity contribution in [3.05, 3.63) is 24.3 Å². The maximum Gasteiger partial charge on any atom is 0.489 e. The van der Waals surface area contributed by atoms with Gasteiger partial charge in [0.2, 0.25) is 0 Å². The van der Waals surface area contributed by atoms with Gasteiger partial charge in [-0.3, -0.25) is 0 Å². The normalized spacial score (nSPS) is 9.50. The molecule has 52 valence electrons. The predicted molar refractivity (Wildman–Crippen MR) is 45.6 cm³/mol. The molecule has 0 aromatic heterocycles. The average Bonchev–Trinajstić information content (AvgIpc) is 1.88. The van der Waals surface area contributed by atoms with E-state index in [4.69, 9.17) is 10.0 Å². The van der Waals surface area contributed by atoms with Crippen molar-refractivity contribution in [3.63, 3.8) is 0 Å². The van der Waals surface area contributed by atoms with E-state index in [0.717, 1.165) is 5.30 Å². The summed E-state index contributed by atoms with van der Waals surface area (Å²) in [5.41, 5.74) is 0.535. The molecular weight excluding hydrogens is 146 g/mol. The van der Waals surface area contributed by atoms with Crippen molar-refractivity contribution < 1.29 is 10.0 Å². The first-order valence-corrected chi connectivity index (χ1v) is 3.50. The van der Waals surface area contributed by atoms with Gasteiger partial charge in [0.25, 0.3) is 0 Å². The van der Waals surface area contributed by atoms with Crippen LogP contribution < -0.4 is 10.8 Å². The molecule has 1 rings (SSSR count). The van der Waals surface area contributed by atoms with Gasteiger partial charge in [0, 0.05) is 0 Å². The van der Waals surface area contributed by atoms with Crippen LogP contribution in [0.15, 0.2) is 24.3 Å². The van der Waals surface area contributed by atoms with Crippen LogP contribution in [0.25, 0.3) is 0 Å². The van der Waals surface area contributed by atoms with Crippen LogP contribution in [0.5, 0.6) is 0 Å². The van der Waals surface area contributed by atoms with Crippen molar-refractivity contribution >= 4 is 27.1 Å². The highest BCUT2D eigenvalue weighted by Crippen LogP contribution is 1.87. The summed E-state index contributed by atoms with van der Waals surface area (Å²) in [6.45, 7) is 0. The Morgan fingerprint density at radius 1 is 1.20 bits per heavy atom. The molecule has 0 saturated carbocycles. The Bertz CT molecular complexity index is 227. The minimum Gasteiger partial charge on any atom is -0.423 e. The minimum atomic E-state index is -1.37. The molecule has 1 aromatic rings. The van der Waals surface area contributed by atoms with Crippen molar-refractivity contribution in [3.8, 4) is 0 Å². The van der Waals surface area contributed by atoms with Crippen molar-refractivity contribution in [1.29, 1.82) is 0 Å². The molecule has 4 heteroatoms. The Hall–Kier alpha value is -0.365. The van der Waals surface area contributed by atoms with Crippen LogP contribution in [0.3, 0.4) is 0 Å². The molecular formula is C6H8BO2P. The Labute approximate surface area is 62.2 Å². The van der Waals surface area contributed by atoms with Crippen molar-refractivity contribution in [2.24, 2.45) is 0 Å². The zero-order valence-corrected chi connectivity index (χ0v) is 6.51. The van der Waals surface area contributed by atoms with E-state index in [1.54, 1.807) is 18.2 Å². The molecule has 0 aliphatic heterocycles. The van der Waals surface area contributed by atoms with Gasteiger partial charge in [-0.15, -0.1) is 9.24 Å². The molecule has 2 N–H and O–H groups in total. The van der Waals surface area contributed by atoms with Crippen LogP contribution in [0.1, 0.15) is 0 Å². The molecule has 1 unspecified atom stereocenters. The van der Waals surface area contributed by atoms with Crippen LogP contribution >= 0.6 is 9.24 Å². The molecule has 0 amide bonds. The molecule has 1 atom stereocenters. The Kier molecular flexibility index (Phi) is 2.44. The Morgan fingerprint density at radius 2 is 1.80 bits per heavy atom. The first-order chi connectivity index (χ1) is 4.72. The smallest absolute Gasteiger partial charge is 0.423 e. The third-order valence-corrected chi connectivity index (χ3v) is 1.80. The lowest BCUT2D eigenvalue weighted by Gasteiger charge is -2.01. The van der Waals surface area contributed by atoms with E-state index in [-0.39, 0.29) is 0 Å². The van der Waals surface area contributed by atoms with E-state index in [2.05, 4.69) is 9.24 Å². The fourth-order valence-corrected chi connectivity index (χ4v) is 1.10. The average molecular weight is 154 g/mol. The van der Waals surface area contributed by atoms with Gasteiger partial charge in [-0.1, -0.05) is 24.3 Å². The molecule has 0 heterocycles. The summed E-state index contributed by atoms with van der Waals surface area (Å²) >= 11 is 0. The standard InChI is InChI=1S/C6H8BO2P/c8-7(9)5-3-1-2-4-6(5)10/h1-4,8-9H,10H2. The van der Waals surface area contributed by atoms with Crippen LogP contribution in [0, 0.1) is 0 Å². The molecule has 2 nitrogen and oxygen atoms in total. The van der Waals surface area contributed by atoms with Crippen molar-refractivity contribution in [2.45, 2.75) is 0 Å². The van der Waals surface area contributed by atoms with E-state index < -0.39 is 7.12 Å². The molecule has 0 aliphatic rings. The summed E-state index contributed by atoms with van der Waals surface area (Å²) < 4.78 is 0. The summed E-state index contributed by atoms with van der Waals surface area (Å²) in [5, 5.41) is 18.3. The number of benzene rings is 1. The van der Waals surface area contributed by atoms with Gasteiger partial charge in [-0.2, -0.15) is 0 Å². The first kappa shape index (κ1) is 7.74. The fourth-order valence-electron chi connectivity index (χ4n) is 0.746. The van der Waals surface area contributed by atoms with Crippen LogP contribution in [0.4, 0.5) is 0 Å². The second-order valence-corrected chi connectivity index (χ2v) is 2.62. The summed E-state index contributed by atoms with van der Waals surface area (Å²) in [4.78, 5) is 0. The van der Waals surface area contributed by atoms with Gasteiger partial charge in [-0.25, -0.2) is 0 Å². The van der Waals surface area contributed by atoms with Gasteiger partial charge < -0.3 is 10.0 Å². The molecule has 0 spiro atoms. The lowest BCUT2D eigenvalue weighted by molar-refractivity contribution is 0.426. The fraction of sp³-hybridized carbons (Fsp3) is 0. The van der Waals surface area contributed by atoms with E-state index in [9.17, 15) is 0 Å². The number of hydrogen-bond acceptors (Lipinski definition) is 2. The SMILES string of the molecule is OB(O)c1ccccc1P. The van der Waals surface area contributed by atoms with Crippen LogP contribution in [-0.4, -0.2) is 17.2 Å². The summed E-state index contributed by atoms with van der Waals surface area (Å²) in [6.07, 6.45) is 0. The monoisotopic (exact) mass is 154 g/mol. The van der Waals surface area contributed by atoms with E-state index >= 15 is 0 Å². The van der Waals surface area contributed by atoms with Gasteiger partial charge in [0.15, 0.2) is 0 Å². The van der Waals surface area contributed by atoms with Gasteiger partial charge >= 0.3 is 7.12 Å². The van der Waals surface area contributed by atoms with Gasteiger partial charge in [-0.05, 0) is 10.8 Å². The predicted octanol–water partition coefficient (Wildman–Crippen LogP) is -1.13. The zero-order chi connectivity index (χ0) is 7.56. The molecule has 10 heavy (non-hydrogen) atoms. The largest absolute Gasteiger partial charge is 0.489 e. The highest BCUT2D eigenvalue weighted by molar-refractivity contribution is 7.28. The Balaban J connectivity index is 3.03. The second-order valence-electron chi connectivity index (χ2n) is 2.00. The number of rotatable bonds is 1. The van der Waals surface area contributed by atoms with E-state index in [1.807, 2.05) is 6.07 Å². The van der Waals surface area contributed by atoms with Gasteiger partial charge in [0.05, 0.1) is 0 Å². The maximum absolute atomic E-state index is 8.75. The first-order valence-electron chi connectivity index (χ1n) is 2.92. The summed E-state index contributed by atoms with van der Waals surface area (Å²) in [5.74, 6) is 0. The van der Waals surface area contributed by atoms with E-state index in [1.165, 1.54) is 0 Å². The highest BCUT2D eigenvalue weighted by atomic mass is 31.0. The molecule has 0 saturated heterocycles. The summed E-state index contributed by atoms with van der Waals surface area (Å²) in [7, 11) is 1.07. The maximum atomic E-state index is 8.75. The van der Waals surface area contributed by atoms with Crippen molar-refractivity contribution in [1.82, 2.24) is 0 Å². The molecule has 0 aliphatic carbocycles. The third kappa shape index (κ3) is 1.57. The minimum absolute atomic E-state index is 0.535. The van der Waals surface area contributed by atoms with Crippen molar-refractivity contribution in [2.75, 3.05) is 0 Å². The van der Waals surface area contributed by atoms with E-state index in [0.29, 0.717) is 5.46 Å². The second kappa shape index (κ2) is 3.15. The zero-order valence-electron chi connectivity index (χ0n) is 5.36. The van der Waals surface area contributed by atoms with Crippen LogP contribution in [-0.2, 0) is 0 Å². The molecule has 0 bridgehead atoms. The lowest BCUT2D eigenvalue weighted by atomic mass is 9.80. The number of hydrogen-bond donors (Lipinski definition) is 2. The van der Waals surface area contributed by atoms with Crippen LogP contribution in [0.2, 0.25) is 0 Å². The van der Waals surface area contributed by atoms with Gasteiger partial charge in [0.1, 0.15) is 0 Å². The molecule has 0 radical (unpaired) electrons. The lowest BCUT2D eigenvalue weighted by Crippen LogP contribution is -2.37.